The van der Waals surface area contributed by atoms with Crippen molar-refractivity contribution < 1.29 is 5.11 Å². The maximum Gasteiger partial charge on any atom is 0.0494 e. The maximum atomic E-state index is 9.36. The molecule has 3 nitrogen and oxygen atoms in total. The summed E-state index contributed by atoms with van der Waals surface area (Å²) in [5.74, 6) is 0.858. The van der Waals surface area contributed by atoms with E-state index in [0.717, 1.165) is 18.5 Å². The van der Waals surface area contributed by atoms with Crippen molar-refractivity contribution in [2.24, 2.45) is 11.3 Å². The van der Waals surface area contributed by atoms with Crippen LogP contribution in [-0.2, 0) is 0 Å². The summed E-state index contributed by atoms with van der Waals surface area (Å²) >= 11 is 0. The second kappa shape index (κ2) is 5.25. The van der Waals surface area contributed by atoms with Crippen LogP contribution in [0.1, 0.15) is 33.1 Å². The van der Waals surface area contributed by atoms with Gasteiger partial charge < -0.3 is 14.9 Å². The van der Waals surface area contributed by atoms with Crippen LogP contribution in [0.3, 0.4) is 0 Å². The van der Waals surface area contributed by atoms with E-state index in [4.69, 9.17) is 0 Å². The first-order chi connectivity index (χ1) is 8.02. The van der Waals surface area contributed by atoms with Crippen LogP contribution in [0.5, 0.6) is 0 Å². The summed E-state index contributed by atoms with van der Waals surface area (Å²) in [7, 11) is 2.28. The molecule has 0 radical (unpaired) electrons. The molecule has 2 aliphatic rings. The van der Waals surface area contributed by atoms with E-state index in [9.17, 15) is 5.11 Å². The molecular weight excluding hydrogens is 212 g/mol. The Morgan fingerprint density at radius 1 is 1.24 bits per heavy atom. The van der Waals surface area contributed by atoms with Crippen molar-refractivity contribution in [1.29, 1.82) is 0 Å². The average molecular weight is 240 g/mol. The van der Waals surface area contributed by atoms with Crippen LogP contribution >= 0.6 is 0 Å². The standard InChI is InChI=1S/C14H28N2O/c1-14(2,11-17)10-16-8-6-13-12(9-16)5-4-7-15(13)3/h12-13,17H,4-11H2,1-3H3. The average Bonchev–Trinajstić information content (AvgIpc) is 2.29. The molecule has 17 heavy (non-hydrogen) atoms. The zero-order valence-electron chi connectivity index (χ0n) is 11.7. The van der Waals surface area contributed by atoms with Crippen LogP contribution in [0.15, 0.2) is 0 Å². The van der Waals surface area contributed by atoms with Crippen LogP contribution < -0.4 is 0 Å². The molecule has 0 saturated carbocycles. The minimum atomic E-state index is 0.0490. The highest BCUT2D eigenvalue weighted by Crippen LogP contribution is 2.30. The van der Waals surface area contributed by atoms with Crippen LogP contribution in [0.2, 0.25) is 0 Å². The molecule has 0 amide bonds. The first-order valence-corrected chi connectivity index (χ1v) is 7.05. The van der Waals surface area contributed by atoms with Gasteiger partial charge in [-0.1, -0.05) is 13.8 Å². The van der Waals surface area contributed by atoms with Gasteiger partial charge >= 0.3 is 0 Å². The lowest BCUT2D eigenvalue weighted by Gasteiger charge is -2.47. The van der Waals surface area contributed by atoms with Crippen molar-refractivity contribution in [3.05, 3.63) is 0 Å². The first kappa shape index (κ1) is 13.3. The lowest BCUT2D eigenvalue weighted by molar-refractivity contribution is 0.0142. The van der Waals surface area contributed by atoms with E-state index in [1.54, 1.807) is 0 Å². The molecule has 2 heterocycles. The Balaban J connectivity index is 1.89. The number of nitrogens with zero attached hydrogens (tertiary/aromatic N) is 2. The molecule has 3 heteroatoms. The first-order valence-electron chi connectivity index (χ1n) is 7.05. The van der Waals surface area contributed by atoms with Gasteiger partial charge in [0, 0.05) is 31.2 Å². The van der Waals surface area contributed by atoms with Crippen LogP contribution in [0.25, 0.3) is 0 Å². The van der Waals surface area contributed by atoms with Gasteiger partial charge in [0.05, 0.1) is 0 Å². The molecule has 0 aromatic carbocycles. The lowest BCUT2D eigenvalue weighted by atomic mass is 9.83. The topological polar surface area (TPSA) is 26.7 Å². The quantitative estimate of drug-likeness (QED) is 0.808. The zero-order valence-corrected chi connectivity index (χ0v) is 11.7. The van der Waals surface area contributed by atoms with Gasteiger partial charge in [0.15, 0.2) is 0 Å². The fourth-order valence-corrected chi connectivity index (χ4v) is 3.53. The molecule has 2 atom stereocenters. The normalized spacial score (nSPS) is 32.5. The molecule has 2 saturated heterocycles. The van der Waals surface area contributed by atoms with E-state index >= 15 is 0 Å². The summed E-state index contributed by atoms with van der Waals surface area (Å²) in [5.41, 5.74) is 0.0490. The summed E-state index contributed by atoms with van der Waals surface area (Å²) in [6.07, 6.45) is 4.06. The third-order valence-electron chi connectivity index (χ3n) is 4.51. The van der Waals surface area contributed by atoms with Gasteiger partial charge in [-0.3, -0.25) is 0 Å². The van der Waals surface area contributed by atoms with E-state index in [1.807, 2.05) is 0 Å². The fraction of sp³-hybridized carbons (Fsp3) is 1.00. The smallest absolute Gasteiger partial charge is 0.0494 e. The number of likely N-dealkylation sites (tertiary alicyclic amines) is 2. The number of hydrogen-bond donors (Lipinski definition) is 1. The van der Waals surface area contributed by atoms with Gasteiger partial charge in [-0.05, 0) is 45.3 Å². The Labute approximate surface area is 106 Å². The van der Waals surface area contributed by atoms with Crippen molar-refractivity contribution in [1.82, 2.24) is 9.80 Å². The van der Waals surface area contributed by atoms with Gasteiger partial charge in [-0.15, -0.1) is 0 Å². The molecule has 2 unspecified atom stereocenters. The van der Waals surface area contributed by atoms with Gasteiger partial charge in [0.1, 0.15) is 0 Å². The molecule has 100 valence electrons. The van der Waals surface area contributed by atoms with E-state index < -0.39 is 0 Å². The Morgan fingerprint density at radius 2 is 2.00 bits per heavy atom. The van der Waals surface area contributed by atoms with Gasteiger partial charge in [-0.2, -0.15) is 0 Å². The Kier molecular flexibility index (Phi) is 4.11. The van der Waals surface area contributed by atoms with Crippen molar-refractivity contribution in [3.63, 3.8) is 0 Å². The number of hydrogen-bond acceptors (Lipinski definition) is 3. The molecule has 0 bridgehead atoms. The Bertz CT molecular complexity index is 255. The fourth-order valence-electron chi connectivity index (χ4n) is 3.53. The van der Waals surface area contributed by atoms with Crippen molar-refractivity contribution in [3.8, 4) is 0 Å². The van der Waals surface area contributed by atoms with E-state index in [2.05, 4.69) is 30.7 Å². The second-order valence-corrected chi connectivity index (χ2v) is 6.80. The highest BCUT2D eigenvalue weighted by atomic mass is 16.3. The molecule has 0 aliphatic carbocycles. The van der Waals surface area contributed by atoms with Crippen molar-refractivity contribution in [2.45, 2.75) is 39.2 Å². The van der Waals surface area contributed by atoms with Crippen LogP contribution in [0, 0.1) is 11.3 Å². The Morgan fingerprint density at radius 3 is 2.71 bits per heavy atom. The summed E-state index contributed by atoms with van der Waals surface area (Å²) in [6.45, 7) is 9.36. The van der Waals surface area contributed by atoms with E-state index in [0.29, 0.717) is 0 Å². The largest absolute Gasteiger partial charge is 0.396 e. The van der Waals surface area contributed by atoms with Crippen LogP contribution in [-0.4, -0.2) is 60.8 Å². The molecule has 1 N–H and O–H groups in total. The predicted molar refractivity (Wildman–Crippen MR) is 71.1 cm³/mol. The number of piperidine rings is 2. The summed E-state index contributed by atoms with van der Waals surface area (Å²) in [6, 6.07) is 0.817. The molecular formula is C14H28N2O. The minimum absolute atomic E-state index is 0.0490. The SMILES string of the molecule is CN1CCCC2CN(CC(C)(C)CO)CCC21. The number of rotatable bonds is 3. The predicted octanol–water partition coefficient (Wildman–Crippen LogP) is 1.42. The number of fused-ring (bicyclic) bond motifs is 1. The Hall–Kier alpha value is -0.120. The third-order valence-corrected chi connectivity index (χ3v) is 4.51. The molecule has 0 aromatic heterocycles. The highest BCUT2D eigenvalue weighted by Gasteiger charge is 2.35. The highest BCUT2D eigenvalue weighted by molar-refractivity contribution is 4.90. The molecule has 2 aliphatic heterocycles. The molecule has 2 rings (SSSR count). The number of aliphatic hydroxyl groups excluding tert-OH is 1. The van der Waals surface area contributed by atoms with Crippen molar-refractivity contribution >= 4 is 0 Å². The second-order valence-electron chi connectivity index (χ2n) is 6.80. The zero-order chi connectivity index (χ0) is 12.5. The third kappa shape index (κ3) is 3.21. The maximum absolute atomic E-state index is 9.36. The monoisotopic (exact) mass is 240 g/mol. The lowest BCUT2D eigenvalue weighted by Crippen LogP contribution is -2.54. The van der Waals surface area contributed by atoms with Gasteiger partial charge in [0.25, 0.3) is 0 Å². The summed E-state index contributed by atoms with van der Waals surface area (Å²) in [4.78, 5) is 5.12. The van der Waals surface area contributed by atoms with E-state index in [1.165, 1.54) is 38.9 Å². The molecule has 2 fully saturated rings. The summed E-state index contributed by atoms with van der Waals surface area (Å²) < 4.78 is 0. The van der Waals surface area contributed by atoms with Crippen LogP contribution in [0.4, 0.5) is 0 Å². The van der Waals surface area contributed by atoms with Gasteiger partial charge in [-0.25, -0.2) is 0 Å². The molecule has 0 aromatic rings. The van der Waals surface area contributed by atoms with Crippen molar-refractivity contribution in [2.75, 3.05) is 39.8 Å². The van der Waals surface area contributed by atoms with E-state index in [-0.39, 0.29) is 12.0 Å². The minimum Gasteiger partial charge on any atom is -0.396 e. The summed E-state index contributed by atoms with van der Waals surface area (Å²) in [5, 5.41) is 9.36. The van der Waals surface area contributed by atoms with Gasteiger partial charge in [0.2, 0.25) is 0 Å². The molecule has 0 spiro atoms. The number of aliphatic hydroxyl groups is 1.